The third-order valence-corrected chi connectivity index (χ3v) is 5.68. The van der Waals surface area contributed by atoms with E-state index < -0.39 is 46.4 Å². The maximum Gasteiger partial charge on any atom is 0.257 e. The predicted octanol–water partition coefficient (Wildman–Crippen LogP) is 3.54. The lowest BCUT2D eigenvalue weighted by Crippen LogP contribution is -2.36. The maximum atomic E-state index is 13.9. The summed E-state index contributed by atoms with van der Waals surface area (Å²) in [5.41, 5.74) is -0.791. The van der Waals surface area contributed by atoms with E-state index >= 15 is 0 Å². The largest absolute Gasteiger partial charge is 0.323 e. The zero-order valence-corrected chi connectivity index (χ0v) is 17.1. The molecular formula is C21H15F3N4O3S. The molecular weight excluding hydrogens is 445 g/mol. The van der Waals surface area contributed by atoms with Crippen LogP contribution in [-0.4, -0.2) is 21.8 Å². The summed E-state index contributed by atoms with van der Waals surface area (Å²) in [6.07, 6.45) is -0.373. The molecule has 1 aliphatic rings. The molecule has 3 aromatic rings. The second-order valence-corrected chi connectivity index (χ2v) is 7.90. The molecule has 2 heterocycles. The van der Waals surface area contributed by atoms with Crippen molar-refractivity contribution in [2.75, 3.05) is 10.6 Å². The van der Waals surface area contributed by atoms with Crippen molar-refractivity contribution in [3.05, 3.63) is 81.4 Å². The Kier molecular flexibility index (Phi) is 5.99. The van der Waals surface area contributed by atoms with Gasteiger partial charge in [0.1, 0.15) is 23.3 Å². The van der Waals surface area contributed by atoms with E-state index in [2.05, 4.69) is 20.6 Å². The van der Waals surface area contributed by atoms with Crippen LogP contribution in [0.5, 0.6) is 0 Å². The Morgan fingerprint density at radius 3 is 2.69 bits per heavy atom. The minimum absolute atomic E-state index is 0.103. The van der Waals surface area contributed by atoms with Gasteiger partial charge < -0.3 is 15.6 Å². The average molecular weight is 460 g/mol. The van der Waals surface area contributed by atoms with Crippen LogP contribution in [0, 0.1) is 17.5 Å². The molecule has 7 nitrogen and oxygen atoms in total. The van der Waals surface area contributed by atoms with E-state index in [0.717, 1.165) is 30.0 Å². The van der Waals surface area contributed by atoms with Crippen LogP contribution in [0.2, 0.25) is 0 Å². The highest BCUT2D eigenvalue weighted by Gasteiger charge is 2.35. The van der Waals surface area contributed by atoms with Gasteiger partial charge in [0, 0.05) is 18.2 Å². The van der Waals surface area contributed by atoms with Crippen LogP contribution in [0.4, 0.5) is 24.7 Å². The molecule has 1 aromatic heterocycles. The van der Waals surface area contributed by atoms with E-state index in [9.17, 15) is 27.6 Å². The summed E-state index contributed by atoms with van der Waals surface area (Å²) < 4.78 is 41.1. The molecule has 0 radical (unpaired) electrons. The predicted molar refractivity (Wildman–Crippen MR) is 112 cm³/mol. The molecule has 0 saturated carbocycles. The quantitative estimate of drug-likeness (QED) is 0.399. The van der Waals surface area contributed by atoms with Crippen molar-refractivity contribution >= 4 is 35.1 Å². The van der Waals surface area contributed by atoms with Crippen LogP contribution < -0.4 is 16.2 Å². The minimum atomic E-state index is -1.26. The van der Waals surface area contributed by atoms with Crippen molar-refractivity contribution in [3.63, 3.8) is 0 Å². The third kappa shape index (κ3) is 4.52. The second kappa shape index (κ2) is 8.87. The first kappa shape index (κ1) is 21.6. The van der Waals surface area contributed by atoms with E-state index in [1.807, 2.05) is 0 Å². The van der Waals surface area contributed by atoms with Gasteiger partial charge in [-0.2, -0.15) is 0 Å². The van der Waals surface area contributed by atoms with Crippen molar-refractivity contribution in [2.24, 2.45) is 0 Å². The van der Waals surface area contributed by atoms with E-state index in [1.165, 1.54) is 6.07 Å². The van der Waals surface area contributed by atoms with Crippen LogP contribution in [0.1, 0.15) is 23.5 Å². The fourth-order valence-electron chi connectivity index (χ4n) is 3.22. The Labute approximate surface area is 183 Å². The lowest BCUT2D eigenvalue weighted by atomic mass is 9.92. The monoisotopic (exact) mass is 460 g/mol. The van der Waals surface area contributed by atoms with Gasteiger partial charge in [0.05, 0.1) is 17.2 Å². The molecule has 1 aliphatic heterocycles. The summed E-state index contributed by atoms with van der Waals surface area (Å²) in [4.78, 5) is 44.3. The van der Waals surface area contributed by atoms with E-state index in [1.54, 1.807) is 18.2 Å². The van der Waals surface area contributed by atoms with Crippen molar-refractivity contribution in [1.29, 1.82) is 0 Å². The van der Waals surface area contributed by atoms with E-state index in [-0.39, 0.29) is 28.7 Å². The highest BCUT2D eigenvalue weighted by atomic mass is 32.2. The van der Waals surface area contributed by atoms with Crippen molar-refractivity contribution < 1.29 is 22.8 Å². The van der Waals surface area contributed by atoms with Gasteiger partial charge in [-0.3, -0.25) is 14.4 Å². The van der Waals surface area contributed by atoms with Crippen LogP contribution in [0.15, 0.2) is 52.4 Å². The number of carbonyl (C=O) groups is 2. The van der Waals surface area contributed by atoms with Gasteiger partial charge in [0.25, 0.3) is 5.56 Å². The molecule has 0 aliphatic carbocycles. The standard InChI is InChI=1S/C21H15F3N4O3S/c22-11-5-6-14(24)15(7-11)25-19(30)12-8-16(29)26-18-17(12)20(31)28-21(27-18)32-9-10-3-1-2-4-13(10)23/h1-7,12H,8-9H2,(H,25,30)(H2,26,27,28,29,31)/t12-/m1/s1. The normalized spacial score (nSPS) is 15.1. The SMILES string of the molecule is O=C1C[C@@H](C(=O)Nc2cc(F)ccc2F)c2c(nc(SCc3ccccc3F)[nH]c2=O)N1. The van der Waals surface area contributed by atoms with Crippen molar-refractivity contribution in [1.82, 2.24) is 9.97 Å². The number of thioether (sulfide) groups is 1. The zero-order chi connectivity index (χ0) is 22.8. The van der Waals surface area contributed by atoms with Crippen LogP contribution >= 0.6 is 11.8 Å². The van der Waals surface area contributed by atoms with Gasteiger partial charge in [-0.25, -0.2) is 18.2 Å². The number of benzene rings is 2. The highest BCUT2D eigenvalue weighted by Crippen LogP contribution is 2.31. The summed E-state index contributed by atoms with van der Waals surface area (Å²) in [7, 11) is 0. The van der Waals surface area contributed by atoms with Crippen LogP contribution in [-0.2, 0) is 15.3 Å². The van der Waals surface area contributed by atoms with Gasteiger partial charge in [0.15, 0.2) is 5.16 Å². The summed E-state index contributed by atoms with van der Waals surface area (Å²) in [5, 5.41) is 4.78. The maximum absolute atomic E-state index is 13.9. The molecule has 0 saturated heterocycles. The molecule has 11 heteroatoms. The first-order valence-corrected chi connectivity index (χ1v) is 10.4. The number of H-pyrrole nitrogens is 1. The van der Waals surface area contributed by atoms with Crippen molar-refractivity contribution in [2.45, 2.75) is 23.2 Å². The van der Waals surface area contributed by atoms with Gasteiger partial charge in [-0.15, -0.1) is 0 Å². The molecule has 1 atom stereocenters. The molecule has 2 aromatic carbocycles. The first-order chi connectivity index (χ1) is 15.3. The average Bonchev–Trinajstić information content (AvgIpc) is 2.75. The lowest BCUT2D eigenvalue weighted by molar-refractivity contribution is -0.123. The lowest BCUT2D eigenvalue weighted by Gasteiger charge is -2.23. The number of nitrogens with one attached hydrogen (secondary N) is 3. The smallest absolute Gasteiger partial charge is 0.257 e. The van der Waals surface area contributed by atoms with Gasteiger partial charge in [0.2, 0.25) is 11.8 Å². The molecule has 0 spiro atoms. The number of aromatic amines is 1. The molecule has 32 heavy (non-hydrogen) atoms. The number of amides is 2. The number of rotatable bonds is 5. The molecule has 0 bridgehead atoms. The summed E-state index contributed by atoms with van der Waals surface area (Å²) in [6, 6.07) is 8.66. The number of fused-ring (bicyclic) bond motifs is 1. The van der Waals surface area contributed by atoms with Crippen LogP contribution in [0.3, 0.4) is 0 Å². The topological polar surface area (TPSA) is 104 Å². The molecule has 0 unspecified atom stereocenters. The summed E-state index contributed by atoms with van der Waals surface area (Å²) >= 11 is 1.04. The number of aromatic nitrogens is 2. The number of anilines is 2. The Morgan fingerprint density at radius 1 is 1.12 bits per heavy atom. The number of carbonyl (C=O) groups excluding carboxylic acids is 2. The Hall–Kier alpha value is -3.60. The third-order valence-electron chi connectivity index (χ3n) is 4.75. The summed E-state index contributed by atoms with van der Waals surface area (Å²) in [6.45, 7) is 0. The molecule has 4 rings (SSSR count). The molecule has 0 fully saturated rings. The Morgan fingerprint density at radius 2 is 1.91 bits per heavy atom. The van der Waals surface area contributed by atoms with Crippen LogP contribution in [0.25, 0.3) is 0 Å². The fraction of sp³-hybridized carbons (Fsp3) is 0.143. The van der Waals surface area contributed by atoms with E-state index in [0.29, 0.717) is 5.56 Å². The molecule has 164 valence electrons. The Balaban J connectivity index is 1.60. The second-order valence-electron chi connectivity index (χ2n) is 6.93. The number of halogens is 3. The minimum Gasteiger partial charge on any atom is -0.323 e. The van der Waals surface area contributed by atoms with E-state index in [4.69, 9.17) is 0 Å². The number of hydrogen-bond donors (Lipinski definition) is 3. The Bertz CT molecular complexity index is 1280. The van der Waals surface area contributed by atoms with Crippen molar-refractivity contribution in [3.8, 4) is 0 Å². The number of nitrogens with zero attached hydrogens (tertiary/aromatic N) is 1. The zero-order valence-electron chi connectivity index (χ0n) is 16.2. The first-order valence-electron chi connectivity index (χ1n) is 9.38. The molecule has 2 amide bonds. The number of hydrogen-bond acceptors (Lipinski definition) is 5. The fourth-order valence-corrected chi connectivity index (χ4v) is 4.06. The van der Waals surface area contributed by atoms with Gasteiger partial charge in [-0.1, -0.05) is 30.0 Å². The van der Waals surface area contributed by atoms with Gasteiger partial charge >= 0.3 is 0 Å². The van der Waals surface area contributed by atoms with Gasteiger partial charge in [-0.05, 0) is 23.8 Å². The molecule has 3 N–H and O–H groups in total. The summed E-state index contributed by atoms with van der Waals surface area (Å²) in [5.74, 6) is -4.67. The highest BCUT2D eigenvalue weighted by molar-refractivity contribution is 7.98.